The van der Waals surface area contributed by atoms with Gasteiger partial charge in [-0.2, -0.15) is 5.26 Å². The van der Waals surface area contributed by atoms with Crippen LogP contribution < -0.4 is 5.69 Å². The van der Waals surface area contributed by atoms with E-state index in [1.54, 1.807) is 30.1 Å². The molecule has 0 atom stereocenters. The van der Waals surface area contributed by atoms with Crippen LogP contribution in [0.25, 0.3) is 22.3 Å². The van der Waals surface area contributed by atoms with E-state index in [0.29, 0.717) is 16.9 Å². The molecule has 3 aromatic rings. The van der Waals surface area contributed by atoms with Crippen molar-refractivity contribution >= 4 is 11.0 Å². The Labute approximate surface area is 102 Å². The smallest absolute Gasteiger partial charge is 0.323 e. The van der Waals surface area contributed by atoms with Gasteiger partial charge in [-0.05, 0) is 12.1 Å². The second kappa shape index (κ2) is 3.60. The topological polar surface area (TPSA) is 90.3 Å². The average Bonchev–Trinajstić information content (AvgIpc) is 2.89. The van der Waals surface area contributed by atoms with E-state index in [9.17, 15) is 4.79 Å². The average molecular weight is 239 g/mol. The number of aryl methyl sites for hydroxylation is 1. The van der Waals surface area contributed by atoms with E-state index < -0.39 is 0 Å². The molecule has 0 amide bonds. The number of aromatic nitrogens is 4. The first kappa shape index (κ1) is 10.4. The predicted octanol–water partition coefficient (Wildman–Crippen LogP) is 1.13. The van der Waals surface area contributed by atoms with E-state index in [2.05, 4.69) is 21.0 Å². The predicted molar refractivity (Wildman–Crippen MR) is 65.8 cm³/mol. The highest BCUT2D eigenvalue weighted by atomic mass is 16.1. The van der Waals surface area contributed by atoms with Crippen LogP contribution in [0.1, 0.15) is 5.69 Å². The molecule has 6 nitrogen and oxygen atoms in total. The number of benzene rings is 1. The quantitative estimate of drug-likeness (QED) is 0.666. The maximum Gasteiger partial charge on any atom is 0.323 e. The molecule has 0 aliphatic rings. The molecule has 0 saturated heterocycles. The molecule has 0 unspecified atom stereocenters. The van der Waals surface area contributed by atoms with Crippen LogP contribution in [0.4, 0.5) is 0 Å². The van der Waals surface area contributed by atoms with Crippen molar-refractivity contribution in [1.29, 1.82) is 5.26 Å². The third-order valence-corrected chi connectivity index (χ3v) is 2.83. The highest BCUT2D eigenvalue weighted by Crippen LogP contribution is 2.23. The zero-order valence-electron chi connectivity index (χ0n) is 9.56. The number of hydrogen-bond donors (Lipinski definition) is 2. The molecule has 0 radical (unpaired) electrons. The number of nitrogens with one attached hydrogen (secondary N) is 2. The van der Waals surface area contributed by atoms with E-state index in [1.165, 1.54) is 0 Å². The minimum atomic E-state index is -0.247. The van der Waals surface area contributed by atoms with Gasteiger partial charge in [0.2, 0.25) is 0 Å². The van der Waals surface area contributed by atoms with Gasteiger partial charge in [0.05, 0.1) is 17.4 Å². The number of fused-ring (bicyclic) bond motifs is 1. The summed E-state index contributed by atoms with van der Waals surface area (Å²) in [6.07, 6.45) is 1.60. The summed E-state index contributed by atoms with van der Waals surface area (Å²) < 4.78 is 1.67. The highest BCUT2D eigenvalue weighted by Gasteiger charge is 2.11. The Kier molecular flexibility index (Phi) is 2.07. The van der Waals surface area contributed by atoms with Gasteiger partial charge in [0.25, 0.3) is 0 Å². The van der Waals surface area contributed by atoms with E-state index >= 15 is 0 Å². The molecule has 2 aromatic heterocycles. The van der Waals surface area contributed by atoms with Crippen LogP contribution >= 0.6 is 0 Å². The molecule has 88 valence electrons. The number of nitrogens with zero attached hydrogens (tertiary/aromatic N) is 3. The lowest BCUT2D eigenvalue weighted by atomic mass is 10.1. The number of H-pyrrole nitrogens is 2. The van der Waals surface area contributed by atoms with E-state index in [4.69, 9.17) is 5.26 Å². The van der Waals surface area contributed by atoms with Crippen molar-refractivity contribution in [2.24, 2.45) is 7.05 Å². The lowest BCUT2D eigenvalue weighted by Crippen LogP contribution is -1.99. The van der Waals surface area contributed by atoms with Gasteiger partial charge in [-0.3, -0.25) is 0 Å². The zero-order chi connectivity index (χ0) is 12.7. The molecule has 0 aliphatic heterocycles. The first-order chi connectivity index (χ1) is 8.69. The fourth-order valence-corrected chi connectivity index (χ4v) is 1.95. The first-order valence-electron chi connectivity index (χ1n) is 5.33. The van der Waals surface area contributed by atoms with Crippen molar-refractivity contribution < 1.29 is 0 Å². The highest BCUT2D eigenvalue weighted by molar-refractivity contribution is 5.81. The van der Waals surface area contributed by atoms with Gasteiger partial charge in [0.15, 0.2) is 0 Å². The maximum absolute atomic E-state index is 11.2. The Morgan fingerprint density at radius 1 is 1.33 bits per heavy atom. The second-order valence-corrected chi connectivity index (χ2v) is 4.00. The van der Waals surface area contributed by atoms with Crippen LogP contribution in [0.15, 0.2) is 29.3 Å². The molecule has 0 saturated carbocycles. The van der Waals surface area contributed by atoms with Crippen molar-refractivity contribution in [2.45, 2.75) is 0 Å². The van der Waals surface area contributed by atoms with Gasteiger partial charge in [-0.25, -0.2) is 9.78 Å². The SMILES string of the molecule is Cn1cnc(-c2ccc3[nH]c(=O)[nH]c3c2)c1C#N. The molecule has 18 heavy (non-hydrogen) atoms. The minimum Gasteiger partial charge on any atom is -0.325 e. The van der Waals surface area contributed by atoms with Crippen LogP contribution in [0, 0.1) is 11.3 Å². The van der Waals surface area contributed by atoms with E-state index in [-0.39, 0.29) is 5.69 Å². The number of aromatic amines is 2. The Hall–Kier alpha value is -2.81. The molecule has 1 aromatic carbocycles. The van der Waals surface area contributed by atoms with Gasteiger partial charge in [-0.15, -0.1) is 0 Å². The monoisotopic (exact) mass is 239 g/mol. The van der Waals surface area contributed by atoms with Gasteiger partial charge in [0, 0.05) is 12.6 Å². The first-order valence-corrected chi connectivity index (χ1v) is 5.33. The number of nitriles is 1. The summed E-state index contributed by atoms with van der Waals surface area (Å²) in [6.45, 7) is 0. The number of imidazole rings is 2. The van der Waals surface area contributed by atoms with Crippen LogP contribution in [0.3, 0.4) is 0 Å². The zero-order valence-corrected chi connectivity index (χ0v) is 9.56. The standard InChI is InChI=1S/C12H9N5O/c1-17-6-14-11(10(17)5-13)7-2-3-8-9(4-7)16-12(18)15-8/h2-4,6H,1H3,(H2,15,16,18). The molecule has 2 heterocycles. The molecule has 3 rings (SSSR count). The molecular weight excluding hydrogens is 230 g/mol. The summed E-state index contributed by atoms with van der Waals surface area (Å²) in [5, 5.41) is 9.09. The molecule has 0 aliphatic carbocycles. The normalized spacial score (nSPS) is 10.7. The fourth-order valence-electron chi connectivity index (χ4n) is 1.95. The van der Waals surface area contributed by atoms with Crippen LogP contribution in [-0.4, -0.2) is 19.5 Å². The molecular formula is C12H9N5O. The summed E-state index contributed by atoms with van der Waals surface area (Å²) in [6, 6.07) is 7.54. The Morgan fingerprint density at radius 3 is 2.89 bits per heavy atom. The summed E-state index contributed by atoms with van der Waals surface area (Å²) in [5.74, 6) is 0. The van der Waals surface area contributed by atoms with Gasteiger partial charge in [-0.1, -0.05) is 6.07 Å². The third kappa shape index (κ3) is 1.42. The lowest BCUT2D eigenvalue weighted by Gasteiger charge is -1.98. The van der Waals surface area contributed by atoms with Crippen molar-refractivity contribution in [1.82, 2.24) is 19.5 Å². The Balaban J connectivity index is 2.25. The molecule has 2 N–H and O–H groups in total. The lowest BCUT2D eigenvalue weighted by molar-refractivity contribution is 0.897. The molecule has 6 heteroatoms. The summed E-state index contributed by atoms with van der Waals surface area (Å²) in [5.41, 5.74) is 3.10. The van der Waals surface area contributed by atoms with Crippen LogP contribution in [0.2, 0.25) is 0 Å². The molecule has 0 fully saturated rings. The van der Waals surface area contributed by atoms with Gasteiger partial charge in [0.1, 0.15) is 17.5 Å². The van der Waals surface area contributed by atoms with Gasteiger partial charge < -0.3 is 14.5 Å². The van der Waals surface area contributed by atoms with Gasteiger partial charge >= 0.3 is 5.69 Å². The van der Waals surface area contributed by atoms with Crippen molar-refractivity contribution in [3.05, 3.63) is 40.7 Å². The number of hydrogen-bond acceptors (Lipinski definition) is 3. The summed E-state index contributed by atoms with van der Waals surface area (Å²) in [7, 11) is 1.77. The van der Waals surface area contributed by atoms with E-state index in [1.807, 2.05) is 6.07 Å². The number of rotatable bonds is 1. The van der Waals surface area contributed by atoms with Crippen LogP contribution in [0.5, 0.6) is 0 Å². The molecule has 0 spiro atoms. The van der Waals surface area contributed by atoms with Crippen molar-refractivity contribution in [3.63, 3.8) is 0 Å². The van der Waals surface area contributed by atoms with Crippen LogP contribution in [-0.2, 0) is 7.05 Å². The van der Waals surface area contributed by atoms with E-state index in [0.717, 1.165) is 11.1 Å². The largest absolute Gasteiger partial charge is 0.325 e. The molecule has 0 bridgehead atoms. The summed E-state index contributed by atoms with van der Waals surface area (Å²) in [4.78, 5) is 20.7. The third-order valence-electron chi connectivity index (χ3n) is 2.83. The minimum absolute atomic E-state index is 0.247. The summed E-state index contributed by atoms with van der Waals surface area (Å²) >= 11 is 0. The second-order valence-electron chi connectivity index (χ2n) is 4.00. The maximum atomic E-state index is 11.2. The van der Waals surface area contributed by atoms with Crippen molar-refractivity contribution in [3.8, 4) is 17.3 Å². The van der Waals surface area contributed by atoms with Crippen molar-refractivity contribution in [2.75, 3.05) is 0 Å². The Bertz CT molecular complexity index is 830. The Morgan fingerprint density at radius 2 is 2.11 bits per heavy atom. The fraction of sp³-hybridized carbons (Fsp3) is 0.0833.